The topological polar surface area (TPSA) is 97.5 Å². The lowest BCUT2D eigenvalue weighted by molar-refractivity contribution is 0.335. The van der Waals surface area contributed by atoms with Crippen LogP contribution in [-0.4, -0.2) is 33.7 Å². The van der Waals surface area contributed by atoms with Crippen LogP contribution < -0.4 is 5.14 Å². The van der Waals surface area contributed by atoms with Crippen LogP contribution in [-0.2, 0) is 20.0 Å². The number of rotatable bonds is 5. The molecule has 1 saturated carbocycles. The minimum absolute atomic E-state index is 0.0397. The van der Waals surface area contributed by atoms with Crippen molar-refractivity contribution in [3.8, 4) is 0 Å². The third kappa shape index (κ3) is 3.45. The van der Waals surface area contributed by atoms with E-state index in [2.05, 4.69) is 0 Å². The van der Waals surface area contributed by atoms with E-state index >= 15 is 0 Å². The second kappa shape index (κ2) is 6.04. The van der Waals surface area contributed by atoms with Crippen molar-refractivity contribution in [1.82, 2.24) is 4.31 Å². The molecule has 1 aromatic carbocycles. The number of hydrogen-bond acceptors (Lipinski definition) is 4. The molecule has 0 aromatic heterocycles. The maximum absolute atomic E-state index is 12.7. The third-order valence-corrected chi connectivity index (χ3v) is 6.77. The van der Waals surface area contributed by atoms with Gasteiger partial charge in [-0.3, -0.25) is 0 Å². The van der Waals surface area contributed by atoms with Gasteiger partial charge in [0, 0.05) is 12.6 Å². The summed E-state index contributed by atoms with van der Waals surface area (Å²) >= 11 is 0. The first kappa shape index (κ1) is 16.4. The zero-order valence-corrected chi connectivity index (χ0v) is 13.5. The minimum atomic E-state index is -3.81. The number of hydrogen-bond donors (Lipinski definition) is 1. The molecular formula is C13H20N2O4S2. The maximum Gasteiger partial charge on any atom is 0.243 e. The van der Waals surface area contributed by atoms with E-state index in [0.717, 1.165) is 25.7 Å². The lowest BCUT2D eigenvalue weighted by Gasteiger charge is -2.26. The Morgan fingerprint density at radius 2 is 1.52 bits per heavy atom. The number of benzene rings is 1. The third-order valence-electron chi connectivity index (χ3n) is 3.80. The Morgan fingerprint density at radius 3 is 1.95 bits per heavy atom. The molecule has 2 N–H and O–H groups in total. The smallest absolute Gasteiger partial charge is 0.225 e. The minimum Gasteiger partial charge on any atom is -0.225 e. The van der Waals surface area contributed by atoms with Crippen molar-refractivity contribution in [2.75, 3.05) is 6.54 Å². The summed E-state index contributed by atoms with van der Waals surface area (Å²) in [7, 11) is -7.41. The molecule has 0 unspecified atom stereocenters. The van der Waals surface area contributed by atoms with Gasteiger partial charge in [0.25, 0.3) is 0 Å². The molecule has 2 rings (SSSR count). The molecule has 0 spiro atoms. The van der Waals surface area contributed by atoms with Gasteiger partial charge in [-0.1, -0.05) is 19.8 Å². The molecule has 0 heterocycles. The van der Waals surface area contributed by atoms with E-state index in [9.17, 15) is 16.8 Å². The molecule has 1 aliphatic rings. The summed E-state index contributed by atoms with van der Waals surface area (Å²) in [5.41, 5.74) is 0. The van der Waals surface area contributed by atoms with E-state index in [1.807, 2.05) is 6.92 Å². The van der Waals surface area contributed by atoms with E-state index in [-0.39, 0.29) is 15.8 Å². The molecule has 1 aliphatic carbocycles. The van der Waals surface area contributed by atoms with Crippen molar-refractivity contribution < 1.29 is 16.8 Å². The molecule has 0 saturated heterocycles. The van der Waals surface area contributed by atoms with Gasteiger partial charge in [0.05, 0.1) is 9.79 Å². The fraction of sp³-hybridized carbons (Fsp3) is 0.538. The van der Waals surface area contributed by atoms with E-state index in [1.165, 1.54) is 28.6 Å². The van der Waals surface area contributed by atoms with E-state index < -0.39 is 20.0 Å². The fourth-order valence-electron chi connectivity index (χ4n) is 2.75. The average molecular weight is 332 g/mol. The maximum atomic E-state index is 12.7. The van der Waals surface area contributed by atoms with Crippen LogP contribution in [0.15, 0.2) is 34.1 Å². The summed E-state index contributed by atoms with van der Waals surface area (Å²) in [5.74, 6) is 0. The van der Waals surface area contributed by atoms with Gasteiger partial charge in [-0.25, -0.2) is 22.0 Å². The Kier molecular flexibility index (Phi) is 4.72. The summed E-state index contributed by atoms with van der Waals surface area (Å²) in [6.45, 7) is 2.22. The van der Waals surface area contributed by atoms with Crippen molar-refractivity contribution in [3.63, 3.8) is 0 Å². The second-order valence-electron chi connectivity index (χ2n) is 5.16. The molecule has 1 aromatic rings. The van der Waals surface area contributed by atoms with Crippen molar-refractivity contribution in [1.29, 1.82) is 0 Å². The Hall–Kier alpha value is -0.960. The first-order valence-electron chi connectivity index (χ1n) is 6.91. The summed E-state index contributed by atoms with van der Waals surface area (Å²) in [5, 5.41) is 5.01. The quantitative estimate of drug-likeness (QED) is 0.878. The van der Waals surface area contributed by atoms with Gasteiger partial charge in [-0.05, 0) is 37.1 Å². The van der Waals surface area contributed by atoms with Gasteiger partial charge in [-0.15, -0.1) is 0 Å². The van der Waals surface area contributed by atoms with Crippen molar-refractivity contribution in [2.45, 2.75) is 48.4 Å². The highest BCUT2D eigenvalue weighted by atomic mass is 32.2. The molecule has 0 amide bonds. The fourth-order valence-corrected chi connectivity index (χ4v) is 4.96. The van der Waals surface area contributed by atoms with Crippen LogP contribution in [0.2, 0.25) is 0 Å². The lowest BCUT2D eigenvalue weighted by Crippen LogP contribution is -2.38. The van der Waals surface area contributed by atoms with Gasteiger partial charge in [-0.2, -0.15) is 4.31 Å². The molecule has 21 heavy (non-hydrogen) atoms. The van der Waals surface area contributed by atoms with Crippen LogP contribution in [0.1, 0.15) is 32.6 Å². The molecule has 0 bridgehead atoms. The molecule has 1 fully saturated rings. The molecule has 0 atom stereocenters. The largest absolute Gasteiger partial charge is 0.243 e. The van der Waals surface area contributed by atoms with Crippen molar-refractivity contribution in [3.05, 3.63) is 24.3 Å². The number of nitrogens with two attached hydrogens (primary N) is 1. The van der Waals surface area contributed by atoms with Crippen LogP contribution in [0.4, 0.5) is 0 Å². The van der Waals surface area contributed by atoms with Gasteiger partial charge < -0.3 is 0 Å². The van der Waals surface area contributed by atoms with Crippen LogP contribution in [0.25, 0.3) is 0 Å². The molecule has 8 heteroatoms. The Bertz CT molecular complexity index is 690. The van der Waals surface area contributed by atoms with E-state index in [4.69, 9.17) is 5.14 Å². The van der Waals surface area contributed by atoms with Gasteiger partial charge in [0.2, 0.25) is 20.0 Å². The van der Waals surface area contributed by atoms with Crippen LogP contribution >= 0.6 is 0 Å². The van der Waals surface area contributed by atoms with Crippen molar-refractivity contribution >= 4 is 20.0 Å². The molecule has 0 radical (unpaired) electrons. The van der Waals surface area contributed by atoms with Crippen LogP contribution in [0.5, 0.6) is 0 Å². The summed E-state index contributed by atoms with van der Waals surface area (Å²) < 4.78 is 49.2. The lowest BCUT2D eigenvalue weighted by atomic mass is 10.2. The van der Waals surface area contributed by atoms with Gasteiger partial charge in [0.15, 0.2) is 0 Å². The number of nitrogens with zero attached hydrogens (tertiary/aromatic N) is 1. The Morgan fingerprint density at radius 1 is 1.05 bits per heavy atom. The summed E-state index contributed by atoms with van der Waals surface area (Å²) in [6.07, 6.45) is 3.84. The highest BCUT2D eigenvalue weighted by Crippen LogP contribution is 2.28. The standard InChI is InChI=1S/C13H20N2O4S2/c1-2-15(11-5-3-4-6-11)21(18,19)13-9-7-12(8-10-13)20(14,16)17/h7-11H,2-6H2,1H3,(H2,14,16,17). The van der Waals surface area contributed by atoms with Crippen LogP contribution in [0, 0.1) is 0 Å². The highest BCUT2D eigenvalue weighted by Gasteiger charge is 2.32. The molecular weight excluding hydrogens is 312 g/mol. The van der Waals surface area contributed by atoms with E-state index in [1.54, 1.807) is 0 Å². The predicted octanol–water partition coefficient (Wildman–Crippen LogP) is 1.29. The number of primary sulfonamides is 1. The van der Waals surface area contributed by atoms with Gasteiger partial charge in [0.1, 0.15) is 0 Å². The second-order valence-corrected chi connectivity index (χ2v) is 8.62. The Labute approximate surface area is 126 Å². The first-order chi connectivity index (χ1) is 9.76. The van der Waals surface area contributed by atoms with Crippen molar-refractivity contribution in [2.24, 2.45) is 5.14 Å². The highest BCUT2D eigenvalue weighted by molar-refractivity contribution is 7.89. The zero-order valence-electron chi connectivity index (χ0n) is 11.9. The predicted molar refractivity (Wildman–Crippen MR) is 79.6 cm³/mol. The first-order valence-corrected chi connectivity index (χ1v) is 9.90. The summed E-state index contributed by atoms with van der Waals surface area (Å²) in [4.78, 5) is 0.00835. The SMILES string of the molecule is CCN(C1CCCC1)S(=O)(=O)c1ccc(S(N)(=O)=O)cc1. The van der Waals surface area contributed by atoms with Gasteiger partial charge >= 0.3 is 0 Å². The summed E-state index contributed by atoms with van der Waals surface area (Å²) in [6, 6.07) is 5.09. The molecule has 6 nitrogen and oxygen atoms in total. The molecule has 118 valence electrons. The zero-order chi connectivity index (χ0) is 15.7. The monoisotopic (exact) mass is 332 g/mol. The van der Waals surface area contributed by atoms with Crippen LogP contribution in [0.3, 0.4) is 0 Å². The normalized spacial score (nSPS) is 17.5. The van der Waals surface area contributed by atoms with E-state index in [0.29, 0.717) is 6.54 Å². The Balaban J connectivity index is 2.34. The number of sulfonamides is 2. The molecule has 0 aliphatic heterocycles. The average Bonchev–Trinajstić information content (AvgIpc) is 2.92.